The lowest BCUT2D eigenvalue weighted by Gasteiger charge is -2.07. The van der Waals surface area contributed by atoms with Crippen LogP contribution in [-0.2, 0) is 11.2 Å². The summed E-state index contributed by atoms with van der Waals surface area (Å²) in [5.74, 6) is -0.424. The quantitative estimate of drug-likeness (QED) is 0.339. The number of thiocarbonyl (C=S) groups is 1. The topological polar surface area (TPSA) is 91.9 Å². The van der Waals surface area contributed by atoms with Crippen molar-refractivity contribution in [2.75, 3.05) is 6.61 Å². The largest absolute Gasteiger partial charge is 0.462 e. The Kier molecular flexibility index (Phi) is 6.56. The third kappa shape index (κ3) is 4.51. The Bertz CT molecular complexity index is 925. The maximum atomic E-state index is 12.4. The van der Waals surface area contributed by atoms with Crippen LogP contribution in [0.2, 0.25) is 5.02 Å². The zero-order valence-corrected chi connectivity index (χ0v) is 16.0. The molecule has 0 radical (unpaired) electrons. The van der Waals surface area contributed by atoms with Gasteiger partial charge < -0.3 is 15.5 Å². The van der Waals surface area contributed by atoms with Crippen LogP contribution in [0.15, 0.2) is 29.8 Å². The normalized spacial score (nSPS) is 11.1. The van der Waals surface area contributed by atoms with Gasteiger partial charge in [-0.05, 0) is 43.2 Å². The molecule has 7 heteroatoms. The molecule has 2 rings (SSSR count). The summed E-state index contributed by atoms with van der Waals surface area (Å²) in [5.41, 5.74) is 9.05. The molecule has 0 aliphatic rings. The summed E-state index contributed by atoms with van der Waals surface area (Å²) >= 11 is 11.0. The van der Waals surface area contributed by atoms with Crippen molar-refractivity contribution in [3.05, 3.63) is 62.9 Å². The Morgan fingerprint density at radius 3 is 2.81 bits per heavy atom. The number of aromatic nitrogens is 1. The first-order chi connectivity index (χ1) is 12.4. The molecule has 0 unspecified atom stereocenters. The van der Waals surface area contributed by atoms with Crippen molar-refractivity contribution < 1.29 is 9.53 Å². The fourth-order valence-corrected chi connectivity index (χ4v) is 2.96. The number of nitrogens with zero attached hydrogens (tertiary/aromatic N) is 1. The molecule has 0 atom stereocenters. The highest BCUT2D eigenvalue weighted by atomic mass is 35.5. The van der Waals surface area contributed by atoms with Crippen LogP contribution >= 0.6 is 23.8 Å². The van der Waals surface area contributed by atoms with Crippen LogP contribution in [0.3, 0.4) is 0 Å². The zero-order valence-electron chi connectivity index (χ0n) is 14.4. The summed E-state index contributed by atoms with van der Waals surface area (Å²) in [6.07, 6.45) is 1.98. The molecule has 1 aromatic heterocycles. The molecule has 1 aromatic carbocycles. The Balaban J connectivity index is 2.61. The first-order valence-corrected chi connectivity index (χ1v) is 8.70. The number of nitrogens with two attached hydrogens (primary N) is 1. The summed E-state index contributed by atoms with van der Waals surface area (Å²) in [6.45, 7) is 3.79. The number of aryl methyl sites for hydroxylation is 1. The van der Waals surface area contributed by atoms with E-state index in [0.29, 0.717) is 34.0 Å². The molecular formula is C19H18ClN3O2S. The number of hydrogen-bond acceptors (Lipinski definition) is 4. The van der Waals surface area contributed by atoms with Crippen LogP contribution in [0.25, 0.3) is 6.08 Å². The van der Waals surface area contributed by atoms with Gasteiger partial charge in [0.05, 0.1) is 17.7 Å². The van der Waals surface area contributed by atoms with E-state index in [1.807, 2.05) is 24.3 Å². The molecule has 0 amide bonds. The molecule has 0 aliphatic heterocycles. The van der Waals surface area contributed by atoms with E-state index >= 15 is 0 Å². The first-order valence-electron chi connectivity index (χ1n) is 7.92. The van der Waals surface area contributed by atoms with Crippen molar-refractivity contribution in [2.45, 2.75) is 20.3 Å². The fourth-order valence-electron chi connectivity index (χ4n) is 2.64. The van der Waals surface area contributed by atoms with E-state index in [1.54, 1.807) is 26.0 Å². The summed E-state index contributed by atoms with van der Waals surface area (Å²) in [5, 5.41) is 9.84. The standard InChI is InChI=1S/C19H18ClN3O2S/c1-3-25-19(24)17-11(2)23-16(9-13(10-21)18(22)26)15(17)8-12-5-4-6-14(20)7-12/h4-7,9,23H,3,8H2,1-2H3,(H2,22,26). The van der Waals surface area contributed by atoms with Gasteiger partial charge in [0, 0.05) is 22.8 Å². The van der Waals surface area contributed by atoms with E-state index in [-0.39, 0.29) is 17.2 Å². The maximum absolute atomic E-state index is 12.4. The molecule has 1 heterocycles. The average Bonchev–Trinajstić information content (AvgIpc) is 2.87. The number of nitrogens with one attached hydrogen (secondary N) is 1. The molecule has 0 saturated heterocycles. The van der Waals surface area contributed by atoms with Crippen LogP contribution in [0.4, 0.5) is 0 Å². The van der Waals surface area contributed by atoms with E-state index in [9.17, 15) is 10.1 Å². The predicted molar refractivity (Wildman–Crippen MR) is 106 cm³/mol. The molecule has 0 spiro atoms. The monoisotopic (exact) mass is 387 g/mol. The maximum Gasteiger partial charge on any atom is 0.340 e. The summed E-state index contributed by atoms with van der Waals surface area (Å²) in [7, 11) is 0. The minimum atomic E-state index is -0.424. The zero-order chi connectivity index (χ0) is 19.3. The van der Waals surface area contributed by atoms with Gasteiger partial charge in [-0.2, -0.15) is 5.26 Å². The number of rotatable bonds is 6. The van der Waals surface area contributed by atoms with Gasteiger partial charge in [-0.15, -0.1) is 0 Å². The molecule has 3 N–H and O–H groups in total. The third-order valence-electron chi connectivity index (χ3n) is 3.75. The van der Waals surface area contributed by atoms with Crippen LogP contribution in [0.1, 0.15) is 39.8 Å². The smallest absolute Gasteiger partial charge is 0.340 e. The molecule has 0 saturated carbocycles. The van der Waals surface area contributed by atoms with Gasteiger partial charge in [-0.25, -0.2) is 4.79 Å². The van der Waals surface area contributed by atoms with Gasteiger partial charge in [-0.1, -0.05) is 36.0 Å². The Morgan fingerprint density at radius 1 is 1.50 bits per heavy atom. The number of ether oxygens (including phenoxy) is 1. The lowest BCUT2D eigenvalue weighted by molar-refractivity contribution is 0.0524. The van der Waals surface area contributed by atoms with Gasteiger partial charge in [-0.3, -0.25) is 0 Å². The molecular weight excluding hydrogens is 370 g/mol. The first kappa shape index (κ1) is 19.7. The van der Waals surface area contributed by atoms with Gasteiger partial charge in [0.25, 0.3) is 0 Å². The number of benzene rings is 1. The number of hydrogen-bond donors (Lipinski definition) is 2. The molecule has 2 aromatic rings. The van der Waals surface area contributed by atoms with Crippen LogP contribution in [0, 0.1) is 18.3 Å². The van der Waals surface area contributed by atoms with E-state index in [1.165, 1.54) is 0 Å². The fraction of sp³-hybridized carbons (Fsp3) is 0.211. The van der Waals surface area contributed by atoms with E-state index in [0.717, 1.165) is 5.56 Å². The predicted octanol–water partition coefficient (Wildman–Crippen LogP) is 3.94. The number of carbonyl (C=O) groups excluding carboxylic acids is 1. The lowest BCUT2D eigenvalue weighted by atomic mass is 9.99. The molecule has 26 heavy (non-hydrogen) atoms. The number of carbonyl (C=O) groups is 1. The van der Waals surface area contributed by atoms with E-state index in [4.69, 9.17) is 34.3 Å². The second kappa shape index (κ2) is 8.65. The van der Waals surface area contributed by atoms with Crippen molar-refractivity contribution in [1.29, 1.82) is 5.26 Å². The number of H-pyrrole nitrogens is 1. The Morgan fingerprint density at radius 2 is 2.23 bits per heavy atom. The highest BCUT2D eigenvalue weighted by Gasteiger charge is 2.22. The second-order valence-electron chi connectivity index (χ2n) is 5.58. The highest BCUT2D eigenvalue weighted by Crippen LogP contribution is 2.26. The molecule has 5 nitrogen and oxygen atoms in total. The molecule has 134 valence electrons. The van der Waals surface area contributed by atoms with Crippen molar-refractivity contribution in [3.63, 3.8) is 0 Å². The van der Waals surface area contributed by atoms with Gasteiger partial charge >= 0.3 is 5.97 Å². The van der Waals surface area contributed by atoms with Crippen LogP contribution < -0.4 is 5.73 Å². The number of nitriles is 1. The van der Waals surface area contributed by atoms with Crippen LogP contribution in [0.5, 0.6) is 0 Å². The number of esters is 1. The van der Waals surface area contributed by atoms with Gasteiger partial charge in [0.1, 0.15) is 11.1 Å². The lowest BCUT2D eigenvalue weighted by Crippen LogP contribution is -2.10. The minimum absolute atomic E-state index is 0.00820. The van der Waals surface area contributed by atoms with Gasteiger partial charge in [0.15, 0.2) is 0 Å². The summed E-state index contributed by atoms with van der Waals surface area (Å²) < 4.78 is 5.18. The van der Waals surface area contributed by atoms with E-state index < -0.39 is 5.97 Å². The van der Waals surface area contributed by atoms with Gasteiger partial charge in [0.2, 0.25) is 0 Å². The van der Waals surface area contributed by atoms with Crippen molar-refractivity contribution in [1.82, 2.24) is 4.98 Å². The Hall–Kier alpha value is -2.62. The average molecular weight is 388 g/mol. The van der Waals surface area contributed by atoms with E-state index in [2.05, 4.69) is 4.98 Å². The SMILES string of the molecule is CCOC(=O)c1c(C)[nH]c(C=C(C#N)C(N)=S)c1Cc1cccc(Cl)c1. The van der Waals surface area contributed by atoms with Crippen molar-refractivity contribution in [3.8, 4) is 6.07 Å². The molecule has 0 aliphatic carbocycles. The summed E-state index contributed by atoms with van der Waals surface area (Å²) in [6, 6.07) is 9.33. The molecule has 0 fully saturated rings. The van der Waals surface area contributed by atoms with Crippen molar-refractivity contribution in [2.24, 2.45) is 5.73 Å². The Labute approximate surface area is 162 Å². The van der Waals surface area contributed by atoms with Crippen molar-refractivity contribution >= 4 is 40.9 Å². The second-order valence-corrected chi connectivity index (χ2v) is 6.45. The molecule has 0 bridgehead atoms. The number of halogens is 1. The summed E-state index contributed by atoms with van der Waals surface area (Å²) in [4.78, 5) is 15.6. The third-order valence-corrected chi connectivity index (χ3v) is 4.20. The minimum Gasteiger partial charge on any atom is -0.462 e. The van der Waals surface area contributed by atoms with Crippen LogP contribution in [-0.4, -0.2) is 22.5 Å². The number of aromatic amines is 1. The highest BCUT2D eigenvalue weighted by molar-refractivity contribution is 7.80.